The molecule has 0 atom stereocenters. The van der Waals surface area contributed by atoms with Gasteiger partial charge in [0.2, 0.25) is 15.7 Å². The molecule has 1 aromatic heterocycles. The summed E-state index contributed by atoms with van der Waals surface area (Å²) in [6.07, 6.45) is 0.394. The van der Waals surface area contributed by atoms with Crippen LogP contribution in [0.15, 0.2) is 46.3 Å². The summed E-state index contributed by atoms with van der Waals surface area (Å²) >= 11 is 0. The third kappa shape index (κ3) is 6.12. The number of nitrogen functional groups attached to an aromatic ring is 1. The van der Waals surface area contributed by atoms with Gasteiger partial charge in [0.25, 0.3) is 5.91 Å². The molecule has 178 valence electrons. The number of nitrogens with two attached hydrogens (primary N) is 1. The van der Waals surface area contributed by atoms with E-state index in [4.69, 9.17) is 5.73 Å². The molecule has 0 radical (unpaired) electrons. The quantitative estimate of drug-likeness (QED) is 0.552. The number of benzene rings is 1. The Kier molecular flexibility index (Phi) is 7.10. The number of sulfone groups is 1. The Labute approximate surface area is 187 Å². The lowest BCUT2D eigenvalue weighted by molar-refractivity contribution is -0.274. The molecule has 0 spiro atoms. The summed E-state index contributed by atoms with van der Waals surface area (Å²) in [7, 11) is -4.19. The van der Waals surface area contributed by atoms with Gasteiger partial charge in [-0.2, -0.15) is 0 Å². The van der Waals surface area contributed by atoms with Crippen LogP contribution in [-0.2, 0) is 14.6 Å². The summed E-state index contributed by atoms with van der Waals surface area (Å²) in [6.45, 7) is 0. The molecule has 1 aliphatic carbocycles. The normalized spacial score (nSPS) is 15.0. The van der Waals surface area contributed by atoms with Gasteiger partial charge in [-0.25, -0.2) is 13.4 Å². The summed E-state index contributed by atoms with van der Waals surface area (Å²) in [6, 6.07) is 4.59. The van der Waals surface area contributed by atoms with Crippen molar-refractivity contribution >= 4 is 27.3 Å². The zero-order valence-corrected chi connectivity index (χ0v) is 18.0. The van der Waals surface area contributed by atoms with E-state index in [0.29, 0.717) is 0 Å². The fourth-order valence-corrected chi connectivity index (χ4v) is 4.64. The first kappa shape index (κ1) is 24.3. The van der Waals surface area contributed by atoms with Crippen molar-refractivity contribution < 1.29 is 35.9 Å². The average molecular weight is 486 g/mol. The van der Waals surface area contributed by atoms with Crippen LogP contribution in [0.25, 0.3) is 0 Å². The van der Waals surface area contributed by atoms with Gasteiger partial charge in [0, 0.05) is 12.1 Å². The summed E-state index contributed by atoms with van der Waals surface area (Å²) in [5.74, 6) is -1.92. The number of carbonyl (C=O) groups is 2. The number of aromatic nitrogens is 1. The standard InChI is InChI=1S/C20H21F3N4O5S/c21-20(22,23)32-13-6-8-14(9-7-13)33(30,31)15-10-16(24)17(25-11-15)19(29)27-26-18(28)12-4-2-1-3-5-12/h6-12H,1-5,24H2,(H,26,28)(H,27,29). The smallest absolute Gasteiger partial charge is 0.406 e. The predicted octanol–water partition coefficient (Wildman–Crippen LogP) is 2.74. The maximum Gasteiger partial charge on any atom is 0.573 e. The number of nitrogens with one attached hydrogen (secondary N) is 2. The minimum Gasteiger partial charge on any atom is -0.406 e. The van der Waals surface area contributed by atoms with Crippen molar-refractivity contribution in [2.45, 2.75) is 48.3 Å². The molecule has 33 heavy (non-hydrogen) atoms. The molecule has 1 fully saturated rings. The first-order chi connectivity index (χ1) is 15.5. The van der Waals surface area contributed by atoms with Gasteiger partial charge in [-0.15, -0.1) is 13.2 Å². The zero-order valence-electron chi connectivity index (χ0n) is 17.2. The van der Waals surface area contributed by atoms with Crippen molar-refractivity contribution in [2.75, 3.05) is 5.73 Å². The average Bonchev–Trinajstić information content (AvgIpc) is 2.77. The largest absolute Gasteiger partial charge is 0.573 e. The van der Waals surface area contributed by atoms with Crippen LogP contribution in [0.4, 0.5) is 18.9 Å². The van der Waals surface area contributed by atoms with Crippen LogP contribution < -0.4 is 21.3 Å². The summed E-state index contributed by atoms with van der Waals surface area (Å²) in [5, 5.41) is 0. The molecule has 1 saturated carbocycles. The fraction of sp³-hybridized carbons (Fsp3) is 0.350. The molecule has 2 aromatic rings. The number of ether oxygens (including phenoxy) is 1. The molecule has 2 amide bonds. The van der Waals surface area contributed by atoms with Crippen molar-refractivity contribution in [1.29, 1.82) is 0 Å². The van der Waals surface area contributed by atoms with Crippen LogP contribution >= 0.6 is 0 Å². The molecule has 3 rings (SSSR count). The van der Waals surface area contributed by atoms with E-state index in [1.807, 2.05) is 0 Å². The van der Waals surface area contributed by atoms with Crippen LogP contribution in [0.5, 0.6) is 5.75 Å². The highest BCUT2D eigenvalue weighted by Gasteiger charge is 2.31. The molecule has 0 bridgehead atoms. The third-order valence-electron chi connectivity index (χ3n) is 5.06. The minimum absolute atomic E-state index is 0.190. The Morgan fingerprint density at radius 2 is 1.67 bits per heavy atom. The van der Waals surface area contributed by atoms with Gasteiger partial charge in [-0.1, -0.05) is 19.3 Å². The molecule has 1 aliphatic rings. The summed E-state index contributed by atoms with van der Waals surface area (Å²) < 4.78 is 66.0. The van der Waals surface area contributed by atoms with E-state index in [2.05, 4.69) is 20.6 Å². The second-order valence-electron chi connectivity index (χ2n) is 7.41. The first-order valence-corrected chi connectivity index (χ1v) is 11.4. The van der Waals surface area contributed by atoms with E-state index in [9.17, 15) is 31.2 Å². The van der Waals surface area contributed by atoms with Crippen LogP contribution in [0.1, 0.15) is 42.6 Å². The number of hydrogen-bond acceptors (Lipinski definition) is 7. The molecule has 4 N–H and O–H groups in total. The van der Waals surface area contributed by atoms with Crippen LogP contribution in [0, 0.1) is 5.92 Å². The Bertz CT molecular complexity index is 1130. The molecule has 0 aliphatic heterocycles. The SMILES string of the molecule is Nc1cc(S(=O)(=O)c2ccc(OC(F)(F)F)cc2)cnc1C(=O)NNC(=O)C1CCCCC1. The Hall–Kier alpha value is -3.35. The van der Waals surface area contributed by atoms with Gasteiger partial charge in [0.15, 0.2) is 5.69 Å². The van der Waals surface area contributed by atoms with Crippen molar-refractivity contribution in [1.82, 2.24) is 15.8 Å². The fourth-order valence-electron chi connectivity index (χ4n) is 3.40. The minimum atomic E-state index is -4.91. The zero-order chi connectivity index (χ0) is 24.2. The molecule has 1 heterocycles. The molecule has 0 saturated heterocycles. The lowest BCUT2D eigenvalue weighted by atomic mass is 9.89. The van der Waals surface area contributed by atoms with Crippen LogP contribution in [-0.4, -0.2) is 31.6 Å². The van der Waals surface area contributed by atoms with Crippen molar-refractivity contribution in [3.8, 4) is 5.75 Å². The molecule has 9 nitrogen and oxygen atoms in total. The van der Waals surface area contributed by atoms with E-state index in [0.717, 1.165) is 68.6 Å². The second-order valence-corrected chi connectivity index (χ2v) is 9.36. The van der Waals surface area contributed by atoms with Crippen molar-refractivity contribution in [3.05, 3.63) is 42.2 Å². The maximum absolute atomic E-state index is 12.7. The number of hydrogen-bond donors (Lipinski definition) is 3. The van der Waals surface area contributed by atoms with Crippen LogP contribution in [0.3, 0.4) is 0 Å². The van der Waals surface area contributed by atoms with Crippen molar-refractivity contribution in [2.24, 2.45) is 5.92 Å². The van der Waals surface area contributed by atoms with Gasteiger partial charge >= 0.3 is 6.36 Å². The van der Waals surface area contributed by atoms with E-state index in [1.165, 1.54) is 0 Å². The Balaban J connectivity index is 1.69. The lowest BCUT2D eigenvalue weighted by Crippen LogP contribution is -2.45. The van der Waals surface area contributed by atoms with Gasteiger partial charge in [-0.3, -0.25) is 20.4 Å². The number of carbonyl (C=O) groups excluding carboxylic acids is 2. The van der Waals surface area contributed by atoms with Gasteiger partial charge < -0.3 is 10.5 Å². The number of amides is 2. The maximum atomic E-state index is 12.7. The van der Waals surface area contributed by atoms with E-state index < -0.39 is 27.9 Å². The monoisotopic (exact) mass is 486 g/mol. The third-order valence-corrected chi connectivity index (χ3v) is 6.80. The van der Waals surface area contributed by atoms with E-state index in [1.54, 1.807) is 0 Å². The number of hydrazine groups is 1. The van der Waals surface area contributed by atoms with Gasteiger partial charge in [0.1, 0.15) is 5.75 Å². The number of alkyl halides is 3. The highest BCUT2D eigenvalue weighted by molar-refractivity contribution is 7.91. The number of rotatable bonds is 5. The predicted molar refractivity (Wildman–Crippen MR) is 109 cm³/mol. The summed E-state index contributed by atoms with van der Waals surface area (Å²) in [4.78, 5) is 27.5. The Morgan fingerprint density at radius 3 is 2.24 bits per heavy atom. The molecule has 1 aromatic carbocycles. The molecular weight excluding hydrogens is 465 g/mol. The van der Waals surface area contributed by atoms with Crippen LogP contribution in [0.2, 0.25) is 0 Å². The number of halogens is 3. The van der Waals surface area contributed by atoms with Gasteiger partial charge in [-0.05, 0) is 43.2 Å². The lowest BCUT2D eigenvalue weighted by Gasteiger charge is -2.20. The van der Waals surface area contributed by atoms with E-state index >= 15 is 0 Å². The molecule has 0 unspecified atom stereocenters. The van der Waals surface area contributed by atoms with E-state index in [-0.39, 0.29) is 33.0 Å². The topological polar surface area (TPSA) is 140 Å². The number of anilines is 1. The Morgan fingerprint density at radius 1 is 1.03 bits per heavy atom. The van der Waals surface area contributed by atoms with Crippen molar-refractivity contribution in [3.63, 3.8) is 0 Å². The number of pyridine rings is 1. The first-order valence-electron chi connectivity index (χ1n) is 9.94. The summed E-state index contributed by atoms with van der Waals surface area (Å²) in [5.41, 5.74) is 9.77. The molecular formula is C20H21F3N4O5S. The molecule has 13 heteroatoms. The highest BCUT2D eigenvalue weighted by Crippen LogP contribution is 2.27. The second kappa shape index (κ2) is 9.65. The highest BCUT2D eigenvalue weighted by atomic mass is 32.2. The van der Waals surface area contributed by atoms with Gasteiger partial charge in [0.05, 0.1) is 15.5 Å². The number of nitrogens with zero attached hydrogens (tertiary/aromatic N) is 1.